The smallest absolute Gasteiger partial charge is 0.193 e. The van der Waals surface area contributed by atoms with Crippen LogP contribution in [0.1, 0.15) is 31.2 Å². The van der Waals surface area contributed by atoms with Crippen molar-refractivity contribution in [1.29, 1.82) is 0 Å². The van der Waals surface area contributed by atoms with Crippen LogP contribution in [0.4, 0.5) is 14.5 Å². The molecule has 2 aromatic carbocycles. The summed E-state index contributed by atoms with van der Waals surface area (Å²) in [5.41, 5.74) is 7.45. The van der Waals surface area contributed by atoms with Gasteiger partial charge in [0.05, 0.1) is 25.9 Å². The third-order valence-electron chi connectivity index (χ3n) is 6.97. The summed E-state index contributed by atoms with van der Waals surface area (Å²) in [7, 11) is 5.44. The van der Waals surface area contributed by atoms with Crippen molar-refractivity contribution in [3.63, 3.8) is 0 Å². The number of benzene rings is 2. The molecule has 3 atom stereocenters. The van der Waals surface area contributed by atoms with Crippen LogP contribution in [0.2, 0.25) is 0 Å². The van der Waals surface area contributed by atoms with E-state index in [0.29, 0.717) is 6.04 Å². The van der Waals surface area contributed by atoms with Crippen LogP contribution >= 0.6 is 0 Å². The molecule has 1 saturated carbocycles. The number of nitrogens with two attached hydrogens (primary N) is 1. The molecule has 2 aromatic rings. The number of halogens is 2. The number of aliphatic imine (C=N–C) groups is 1. The fraction of sp³-hybridized carbons (Fsp3) is 0.458. The summed E-state index contributed by atoms with van der Waals surface area (Å²) >= 11 is 0. The lowest BCUT2D eigenvalue weighted by Crippen LogP contribution is -2.47. The number of likely N-dealkylation sites (N-methyl/N-ethyl adjacent to an activating group) is 1. The number of nitrogens with one attached hydrogen (secondary N) is 1. The van der Waals surface area contributed by atoms with Crippen molar-refractivity contribution >= 4 is 11.6 Å². The molecule has 2 aliphatic rings. The third kappa shape index (κ3) is 4.11. The Morgan fingerprint density at radius 2 is 1.91 bits per heavy atom. The molecule has 1 aliphatic carbocycles. The average Bonchev–Trinajstić information content (AvgIpc) is 3.12. The predicted octanol–water partition coefficient (Wildman–Crippen LogP) is 3.90. The van der Waals surface area contributed by atoms with Crippen molar-refractivity contribution in [2.24, 2.45) is 10.7 Å². The summed E-state index contributed by atoms with van der Waals surface area (Å²) in [5, 5.41) is 2.77. The molecule has 8 heteroatoms. The highest BCUT2D eigenvalue weighted by atomic mass is 19.1. The number of methoxy groups -OCH3 is 2. The van der Waals surface area contributed by atoms with E-state index in [1.807, 2.05) is 6.07 Å². The minimum Gasteiger partial charge on any atom is -0.493 e. The molecule has 172 valence electrons. The van der Waals surface area contributed by atoms with Crippen LogP contribution < -0.4 is 20.5 Å². The van der Waals surface area contributed by atoms with Gasteiger partial charge >= 0.3 is 0 Å². The van der Waals surface area contributed by atoms with Gasteiger partial charge in [0.25, 0.3) is 0 Å². The normalized spacial score (nSPS) is 26.0. The van der Waals surface area contributed by atoms with Crippen molar-refractivity contribution < 1.29 is 18.3 Å². The van der Waals surface area contributed by atoms with Gasteiger partial charge in [-0.1, -0.05) is 6.07 Å². The van der Waals surface area contributed by atoms with Gasteiger partial charge in [-0.25, -0.2) is 13.8 Å². The summed E-state index contributed by atoms with van der Waals surface area (Å²) in [6, 6.07) is 9.86. The number of guanidine groups is 1. The van der Waals surface area contributed by atoms with Gasteiger partial charge in [0.2, 0.25) is 0 Å². The van der Waals surface area contributed by atoms with Crippen molar-refractivity contribution in [2.75, 3.05) is 33.1 Å². The van der Waals surface area contributed by atoms with E-state index < -0.39 is 11.6 Å². The van der Waals surface area contributed by atoms with Crippen LogP contribution in [-0.2, 0) is 5.41 Å². The first-order chi connectivity index (χ1) is 15.4. The SMILES string of the molecule is COc1ccc([C@@]23CC[C@H](N=C(N)Nc4ccc(F)cc4F)C[C@H]2N(C)CC3)cc1OC. The van der Waals surface area contributed by atoms with Crippen LogP contribution in [0.5, 0.6) is 11.5 Å². The second-order valence-corrected chi connectivity index (χ2v) is 8.66. The molecular weight excluding hydrogens is 414 g/mol. The van der Waals surface area contributed by atoms with Crippen molar-refractivity contribution in [3.05, 3.63) is 53.6 Å². The maximum Gasteiger partial charge on any atom is 0.193 e. The molecule has 6 nitrogen and oxygen atoms in total. The van der Waals surface area contributed by atoms with E-state index in [1.54, 1.807) is 14.2 Å². The number of likely N-dealkylation sites (tertiary alicyclic amines) is 1. The zero-order chi connectivity index (χ0) is 22.9. The lowest BCUT2D eigenvalue weighted by molar-refractivity contribution is 0.168. The number of rotatable bonds is 5. The van der Waals surface area contributed by atoms with Gasteiger partial charge in [-0.3, -0.25) is 0 Å². The highest BCUT2D eigenvalue weighted by Gasteiger charge is 2.50. The molecule has 0 unspecified atom stereocenters. The minimum absolute atomic E-state index is 0.0184. The molecule has 1 saturated heterocycles. The van der Waals surface area contributed by atoms with Crippen molar-refractivity contribution in [2.45, 2.75) is 43.2 Å². The van der Waals surface area contributed by atoms with Gasteiger partial charge in [-0.15, -0.1) is 0 Å². The van der Waals surface area contributed by atoms with Crippen LogP contribution in [-0.4, -0.2) is 50.8 Å². The van der Waals surface area contributed by atoms with Crippen LogP contribution in [0, 0.1) is 11.6 Å². The summed E-state index contributed by atoms with van der Waals surface area (Å²) < 4.78 is 38.0. The fourth-order valence-electron chi connectivity index (χ4n) is 5.32. The van der Waals surface area contributed by atoms with E-state index in [9.17, 15) is 8.78 Å². The monoisotopic (exact) mass is 444 g/mol. The highest BCUT2D eigenvalue weighted by molar-refractivity contribution is 5.92. The Hall–Kier alpha value is -2.87. The Morgan fingerprint density at radius 1 is 1.12 bits per heavy atom. The number of nitrogens with zero attached hydrogens (tertiary/aromatic N) is 2. The van der Waals surface area contributed by atoms with Gasteiger partial charge in [0.1, 0.15) is 11.6 Å². The molecule has 0 radical (unpaired) electrons. The summed E-state index contributed by atoms with van der Waals surface area (Å²) in [6.45, 7) is 1.00. The van der Waals surface area contributed by atoms with Gasteiger partial charge in [-0.2, -0.15) is 0 Å². The van der Waals surface area contributed by atoms with Gasteiger partial charge in [-0.05, 0) is 69.1 Å². The molecule has 1 heterocycles. The number of anilines is 1. The zero-order valence-corrected chi connectivity index (χ0v) is 18.7. The fourth-order valence-corrected chi connectivity index (χ4v) is 5.32. The first-order valence-corrected chi connectivity index (χ1v) is 10.8. The molecule has 0 amide bonds. The molecule has 3 N–H and O–H groups in total. The first kappa shape index (κ1) is 22.3. The third-order valence-corrected chi connectivity index (χ3v) is 6.97. The van der Waals surface area contributed by atoms with Crippen molar-refractivity contribution in [3.8, 4) is 11.5 Å². The van der Waals surface area contributed by atoms with E-state index in [1.165, 1.54) is 17.7 Å². The molecule has 0 bridgehead atoms. The highest BCUT2D eigenvalue weighted by Crippen LogP contribution is 2.50. The molecule has 32 heavy (non-hydrogen) atoms. The maximum atomic E-state index is 13.9. The number of ether oxygens (including phenoxy) is 2. The molecule has 0 spiro atoms. The van der Waals surface area contributed by atoms with E-state index in [0.717, 1.165) is 49.8 Å². The minimum atomic E-state index is -0.699. The summed E-state index contributed by atoms with van der Waals surface area (Å²) in [5.74, 6) is 0.268. The quantitative estimate of drug-likeness (QED) is 0.541. The zero-order valence-electron chi connectivity index (χ0n) is 18.7. The largest absolute Gasteiger partial charge is 0.493 e. The van der Waals surface area contributed by atoms with Crippen molar-refractivity contribution in [1.82, 2.24) is 4.90 Å². The first-order valence-electron chi connectivity index (χ1n) is 10.8. The molecular formula is C24H30F2N4O2. The standard InChI is InChI=1S/C24H30F2N4O2/c1-30-11-10-24(15-4-7-20(31-2)21(12-15)32-3)9-8-17(14-22(24)30)28-23(27)29-19-6-5-16(25)13-18(19)26/h4-7,12-13,17,22H,8-11,14H2,1-3H3,(H3,27,28,29)/t17-,22+,24-/m0/s1. The Bertz CT molecular complexity index is 1020. The van der Waals surface area contributed by atoms with Gasteiger partial charge in [0, 0.05) is 17.5 Å². The van der Waals surface area contributed by atoms with Crippen LogP contribution in [0.25, 0.3) is 0 Å². The molecule has 2 fully saturated rings. The molecule has 1 aliphatic heterocycles. The Balaban J connectivity index is 1.54. The number of fused-ring (bicyclic) bond motifs is 1. The number of hydrogen-bond acceptors (Lipinski definition) is 4. The number of hydrogen-bond donors (Lipinski definition) is 2. The Kier molecular flexibility index (Phi) is 6.24. The summed E-state index contributed by atoms with van der Waals surface area (Å²) in [6.07, 6.45) is 3.74. The predicted molar refractivity (Wildman–Crippen MR) is 122 cm³/mol. The Labute approximate surface area is 187 Å². The second-order valence-electron chi connectivity index (χ2n) is 8.66. The average molecular weight is 445 g/mol. The second kappa shape index (κ2) is 8.94. The van der Waals surface area contributed by atoms with E-state index in [2.05, 4.69) is 34.4 Å². The Morgan fingerprint density at radius 3 is 2.62 bits per heavy atom. The van der Waals surface area contributed by atoms with Crippen LogP contribution in [0.15, 0.2) is 41.4 Å². The maximum absolute atomic E-state index is 13.9. The molecule has 4 rings (SSSR count). The van der Waals surface area contributed by atoms with Crippen LogP contribution in [0.3, 0.4) is 0 Å². The lowest BCUT2D eigenvalue weighted by atomic mass is 9.65. The van der Waals surface area contributed by atoms with E-state index in [-0.39, 0.29) is 23.1 Å². The lowest BCUT2D eigenvalue weighted by Gasteiger charge is -2.44. The summed E-state index contributed by atoms with van der Waals surface area (Å²) in [4.78, 5) is 7.02. The van der Waals surface area contributed by atoms with E-state index >= 15 is 0 Å². The van der Waals surface area contributed by atoms with Gasteiger partial charge in [0.15, 0.2) is 17.5 Å². The topological polar surface area (TPSA) is 72.1 Å². The van der Waals surface area contributed by atoms with Gasteiger partial charge < -0.3 is 25.4 Å². The molecule has 0 aromatic heterocycles. The van der Waals surface area contributed by atoms with E-state index in [4.69, 9.17) is 15.2 Å².